The lowest BCUT2D eigenvalue weighted by atomic mass is 10.1. The van der Waals surface area contributed by atoms with Gasteiger partial charge in [-0.15, -0.1) is 0 Å². The zero-order valence-electron chi connectivity index (χ0n) is 33.2. The van der Waals surface area contributed by atoms with Crippen molar-refractivity contribution in [2.45, 2.75) is 53.9 Å². The van der Waals surface area contributed by atoms with Gasteiger partial charge < -0.3 is 9.80 Å². The van der Waals surface area contributed by atoms with Gasteiger partial charge in [0.1, 0.15) is 0 Å². The van der Waals surface area contributed by atoms with E-state index in [0.29, 0.717) is 0 Å². The molecule has 0 radical (unpaired) electrons. The van der Waals surface area contributed by atoms with E-state index in [1.54, 1.807) is 0 Å². The van der Waals surface area contributed by atoms with E-state index in [-0.39, 0.29) is 0 Å². The second-order valence-corrected chi connectivity index (χ2v) is 15.2. The molecule has 0 spiro atoms. The maximum Gasteiger partial charge on any atom is 0.0433 e. The summed E-state index contributed by atoms with van der Waals surface area (Å²) >= 11 is 0. The Bertz CT molecular complexity index is 2060. The molecule has 2 nitrogen and oxygen atoms in total. The van der Waals surface area contributed by atoms with Crippen molar-refractivity contribution < 1.29 is 0 Å². The summed E-state index contributed by atoms with van der Waals surface area (Å²) in [6, 6.07) is 62.1. The molecule has 0 aliphatic heterocycles. The molecular weight excluding hydrogens is 677 g/mol. The summed E-state index contributed by atoms with van der Waals surface area (Å²) in [7, 11) is 0. The highest BCUT2D eigenvalue weighted by molar-refractivity contribution is 5.74. The molecule has 0 bridgehead atoms. The fourth-order valence-electron chi connectivity index (χ4n) is 6.83. The molecule has 0 aliphatic rings. The van der Waals surface area contributed by atoms with E-state index in [1.807, 2.05) is 0 Å². The predicted molar refractivity (Wildman–Crippen MR) is 242 cm³/mol. The molecule has 7 aromatic rings. The minimum absolute atomic E-state index is 0.858. The van der Waals surface area contributed by atoms with Gasteiger partial charge in [0.25, 0.3) is 0 Å². The van der Waals surface area contributed by atoms with Crippen LogP contribution in [-0.4, -0.2) is 0 Å². The summed E-state index contributed by atoms with van der Waals surface area (Å²) in [5.74, 6) is 0. The van der Waals surface area contributed by atoms with Crippen molar-refractivity contribution in [1.29, 1.82) is 0 Å². The molecule has 0 saturated heterocycles. The molecule has 278 valence electrons. The minimum Gasteiger partial charge on any atom is -0.363 e. The second kappa shape index (κ2) is 18.3. The number of aryl methyl sites for hydroxylation is 4. The Morgan fingerprint density at radius 1 is 0.268 bits per heavy atom. The van der Waals surface area contributed by atoms with Crippen LogP contribution in [0.1, 0.15) is 66.8 Å². The molecule has 0 atom stereocenters. The van der Waals surface area contributed by atoms with E-state index in [9.17, 15) is 0 Å². The Labute approximate surface area is 334 Å². The van der Waals surface area contributed by atoms with Crippen LogP contribution in [0.25, 0.3) is 24.3 Å². The maximum atomic E-state index is 2.46. The highest BCUT2D eigenvalue weighted by atomic mass is 15.1. The van der Waals surface area contributed by atoms with Crippen molar-refractivity contribution in [3.05, 3.63) is 237 Å². The summed E-state index contributed by atoms with van der Waals surface area (Å²) in [4.78, 5) is 4.91. The summed E-state index contributed by atoms with van der Waals surface area (Å²) < 4.78 is 0. The first-order chi connectivity index (χ1) is 27.3. The van der Waals surface area contributed by atoms with Crippen molar-refractivity contribution in [3.63, 3.8) is 0 Å². The molecule has 0 amide bonds. The normalized spacial score (nSPS) is 11.4. The third-order valence-electron chi connectivity index (χ3n) is 10.4. The van der Waals surface area contributed by atoms with Gasteiger partial charge in [0.05, 0.1) is 0 Å². The average Bonchev–Trinajstić information content (AvgIpc) is 3.23. The Kier molecular flexibility index (Phi) is 12.4. The van der Waals surface area contributed by atoms with Gasteiger partial charge in [-0.2, -0.15) is 0 Å². The van der Waals surface area contributed by atoms with Crippen molar-refractivity contribution >= 4 is 35.7 Å². The summed E-state index contributed by atoms with van der Waals surface area (Å²) in [6.07, 6.45) is 8.77. The smallest absolute Gasteiger partial charge is 0.0433 e. The van der Waals surface area contributed by atoms with Crippen LogP contribution in [0.4, 0.5) is 11.4 Å². The Morgan fingerprint density at radius 3 is 0.679 bits per heavy atom. The number of nitrogens with zero attached hydrogens (tertiary/aromatic N) is 2. The summed E-state index contributed by atoms with van der Waals surface area (Å²) in [5.41, 5.74) is 17.6. The average molecular weight is 729 g/mol. The first-order valence-corrected chi connectivity index (χ1v) is 19.7. The first kappa shape index (κ1) is 37.9. The molecule has 2 heteroatoms. The zero-order chi connectivity index (χ0) is 38.7. The summed E-state index contributed by atoms with van der Waals surface area (Å²) in [5, 5.41) is 0. The third-order valence-corrected chi connectivity index (χ3v) is 10.4. The van der Waals surface area contributed by atoms with Crippen molar-refractivity contribution in [3.8, 4) is 0 Å². The van der Waals surface area contributed by atoms with Crippen molar-refractivity contribution in [2.24, 2.45) is 0 Å². The van der Waals surface area contributed by atoms with Crippen LogP contribution in [-0.2, 0) is 26.2 Å². The predicted octanol–water partition coefficient (Wildman–Crippen LogP) is 13.7. The number of benzene rings is 7. The molecular formula is C54H52N2. The van der Waals surface area contributed by atoms with Crippen LogP contribution in [0.3, 0.4) is 0 Å². The van der Waals surface area contributed by atoms with Gasteiger partial charge in [-0.1, -0.05) is 192 Å². The van der Waals surface area contributed by atoms with Gasteiger partial charge in [-0.05, 0) is 96.5 Å². The fraction of sp³-hybridized carbons (Fsp3) is 0.148. The number of hydrogen-bond donors (Lipinski definition) is 0. The molecule has 0 unspecified atom stereocenters. The number of hydrogen-bond acceptors (Lipinski definition) is 2. The highest BCUT2D eigenvalue weighted by Crippen LogP contribution is 2.25. The standard InChI is InChI=1S/C54H52N2/c1-41-5-13-49(14-6-41)37-55(38-50-15-7-42(2)8-16-50)53-33-29-47(30-34-53)27-25-45-21-23-46(24-22-45)26-28-48-31-35-54(36-32-48)56(39-51-17-9-43(3)10-18-51)40-52-19-11-44(4)12-20-52/h5-36H,37-40H2,1-4H3/b27-25+,28-26+. The van der Waals surface area contributed by atoms with E-state index < -0.39 is 0 Å². The maximum absolute atomic E-state index is 2.46. The van der Waals surface area contributed by atoms with Crippen LogP contribution >= 0.6 is 0 Å². The van der Waals surface area contributed by atoms with Gasteiger partial charge in [0, 0.05) is 37.6 Å². The van der Waals surface area contributed by atoms with Gasteiger partial charge in [-0.3, -0.25) is 0 Å². The monoisotopic (exact) mass is 728 g/mol. The van der Waals surface area contributed by atoms with E-state index in [1.165, 1.54) is 78.1 Å². The van der Waals surface area contributed by atoms with Crippen LogP contribution < -0.4 is 9.80 Å². The fourth-order valence-corrected chi connectivity index (χ4v) is 6.83. The zero-order valence-corrected chi connectivity index (χ0v) is 33.2. The topological polar surface area (TPSA) is 6.48 Å². The molecule has 7 rings (SSSR count). The van der Waals surface area contributed by atoms with E-state index in [4.69, 9.17) is 0 Å². The first-order valence-electron chi connectivity index (χ1n) is 19.7. The van der Waals surface area contributed by atoms with Crippen LogP contribution in [0.2, 0.25) is 0 Å². The third kappa shape index (κ3) is 10.9. The molecule has 0 fully saturated rings. The molecule has 0 aromatic heterocycles. The summed E-state index contributed by atoms with van der Waals surface area (Å²) in [6.45, 7) is 12.0. The molecule has 0 heterocycles. The van der Waals surface area contributed by atoms with Crippen LogP contribution in [0, 0.1) is 27.7 Å². The number of anilines is 2. The van der Waals surface area contributed by atoms with E-state index in [2.05, 4.69) is 232 Å². The second-order valence-electron chi connectivity index (χ2n) is 15.2. The van der Waals surface area contributed by atoms with Crippen LogP contribution in [0.5, 0.6) is 0 Å². The lowest BCUT2D eigenvalue weighted by Gasteiger charge is -2.25. The lowest BCUT2D eigenvalue weighted by Crippen LogP contribution is -2.22. The number of rotatable bonds is 14. The Hall–Kier alpha value is -6.38. The SMILES string of the molecule is Cc1ccc(CN(Cc2ccc(C)cc2)c2ccc(/C=C/c3ccc(/C=C/c4ccc(N(Cc5ccc(C)cc5)Cc5ccc(C)cc5)cc4)cc3)cc2)cc1. The molecule has 7 aromatic carbocycles. The Balaban J connectivity index is 0.980. The van der Waals surface area contributed by atoms with Crippen LogP contribution in [0.15, 0.2) is 170 Å². The Morgan fingerprint density at radius 2 is 0.464 bits per heavy atom. The van der Waals surface area contributed by atoms with E-state index >= 15 is 0 Å². The molecule has 0 saturated carbocycles. The van der Waals surface area contributed by atoms with Gasteiger partial charge in [0.15, 0.2) is 0 Å². The molecule has 0 N–H and O–H groups in total. The van der Waals surface area contributed by atoms with Gasteiger partial charge in [-0.25, -0.2) is 0 Å². The molecule has 56 heavy (non-hydrogen) atoms. The van der Waals surface area contributed by atoms with E-state index in [0.717, 1.165) is 26.2 Å². The molecule has 0 aliphatic carbocycles. The van der Waals surface area contributed by atoms with Gasteiger partial charge in [0.2, 0.25) is 0 Å². The van der Waals surface area contributed by atoms with Crippen molar-refractivity contribution in [1.82, 2.24) is 0 Å². The quantitative estimate of drug-likeness (QED) is 0.103. The van der Waals surface area contributed by atoms with Crippen molar-refractivity contribution in [2.75, 3.05) is 9.80 Å². The lowest BCUT2D eigenvalue weighted by molar-refractivity contribution is 0.799. The largest absolute Gasteiger partial charge is 0.363 e. The highest BCUT2D eigenvalue weighted by Gasteiger charge is 2.11. The van der Waals surface area contributed by atoms with Gasteiger partial charge >= 0.3 is 0 Å². The minimum atomic E-state index is 0.858.